The molecule has 5 heteroatoms. The van der Waals surface area contributed by atoms with Crippen molar-refractivity contribution in [2.45, 2.75) is 16.4 Å². The predicted octanol–water partition coefficient (Wildman–Crippen LogP) is 5.40. The second-order valence-electron chi connectivity index (χ2n) is 3.59. The molecule has 0 fully saturated rings. The van der Waals surface area contributed by atoms with Crippen LogP contribution in [0.4, 0.5) is 0 Å². The van der Waals surface area contributed by atoms with Crippen molar-refractivity contribution in [3.05, 3.63) is 56.5 Å². The third-order valence-corrected chi connectivity index (χ3v) is 4.78. The molecular weight excluding hydrogens is 355 g/mol. The molecule has 0 aliphatic rings. The van der Waals surface area contributed by atoms with Crippen molar-refractivity contribution in [2.24, 2.45) is 0 Å². The second-order valence-corrected chi connectivity index (χ2v) is 6.40. The van der Waals surface area contributed by atoms with Crippen LogP contribution in [0.25, 0.3) is 0 Å². The summed E-state index contributed by atoms with van der Waals surface area (Å²) in [5.41, 5.74) is 0.858. The molecule has 2 aromatic carbocycles. The number of halogens is 3. The molecule has 0 aromatic heterocycles. The van der Waals surface area contributed by atoms with Gasteiger partial charge in [-0.1, -0.05) is 57.0 Å². The molecule has 1 N–H and O–H groups in total. The lowest BCUT2D eigenvalue weighted by Crippen LogP contribution is -1.85. The summed E-state index contributed by atoms with van der Waals surface area (Å²) in [6.45, 7) is 0.0173. The molecule has 0 aliphatic carbocycles. The third-order valence-electron chi connectivity index (χ3n) is 2.32. The third kappa shape index (κ3) is 3.43. The van der Waals surface area contributed by atoms with E-state index in [0.29, 0.717) is 10.0 Å². The summed E-state index contributed by atoms with van der Waals surface area (Å²) < 4.78 is 0.883. The highest BCUT2D eigenvalue weighted by molar-refractivity contribution is 9.10. The Labute approximate surface area is 128 Å². The van der Waals surface area contributed by atoms with Gasteiger partial charge in [0.05, 0.1) is 11.6 Å². The first-order chi connectivity index (χ1) is 8.60. The average molecular weight is 364 g/mol. The van der Waals surface area contributed by atoms with Gasteiger partial charge in [0, 0.05) is 19.3 Å². The standard InChI is InChI=1S/C13H9BrCl2OS/c14-11-6-10(3-1-8(11)7-17)18-13-5-9(15)2-4-12(13)16/h1-6,17H,7H2. The number of aliphatic hydroxyl groups is 1. The van der Waals surface area contributed by atoms with Crippen LogP contribution in [0.1, 0.15) is 5.56 Å². The molecule has 0 spiro atoms. The average Bonchev–Trinajstić information content (AvgIpc) is 2.34. The van der Waals surface area contributed by atoms with Crippen LogP contribution in [-0.4, -0.2) is 5.11 Å². The van der Waals surface area contributed by atoms with Crippen LogP contribution in [0.2, 0.25) is 10.0 Å². The predicted molar refractivity (Wildman–Crippen MR) is 80.6 cm³/mol. The van der Waals surface area contributed by atoms with E-state index < -0.39 is 0 Å². The smallest absolute Gasteiger partial charge is 0.0692 e. The summed E-state index contributed by atoms with van der Waals surface area (Å²) in [7, 11) is 0. The molecular formula is C13H9BrCl2OS. The number of aliphatic hydroxyl groups excluding tert-OH is 1. The van der Waals surface area contributed by atoms with Crippen molar-refractivity contribution >= 4 is 50.9 Å². The molecule has 0 atom stereocenters. The molecule has 0 radical (unpaired) electrons. The van der Waals surface area contributed by atoms with Crippen molar-refractivity contribution in [1.29, 1.82) is 0 Å². The summed E-state index contributed by atoms with van der Waals surface area (Å²) in [5, 5.41) is 10.4. The lowest BCUT2D eigenvalue weighted by Gasteiger charge is -2.07. The van der Waals surface area contributed by atoms with Gasteiger partial charge >= 0.3 is 0 Å². The van der Waals surface area contributed by atoms with Gasteiger partial charge in [0.25, 0.3) is 0 Å². The molecule has 0 amide bonds. The zero-order valence-corrected chi connectivity index (χ0v) is 13.1. The van der Waals surface area contributed by atoms with Crippen LogP contribution >= 0.6 is 50.9 Å². The van der Waals surface area contributed by atoms with Crippen LogP contribution in [0.15, 0.2) is 50.7 Å². The van der Waals surface area contributed by atoms with Crippen LogP contribution < -0.4 is 0 Å². The second kappa shape index (κ2) is 6.31. The van der Waals surface area contributed by atoms with Crippen LogP contribution in [0.5, 0.6) is 0 Å². The molecule has 18 heavy (non-hydrogen) atoms. The van der Waals surface area contributed by atoms with E-state index in [9.17, 15) is 0 Å². The van der Waals surface area contributed by atoms with Crippen molar-refractivity contribution in [2.75, 3.05) is 0 Å². The van der Waals surface area contributed by atoms with Gasteiger partial charge < -0.3 is 5.11 Å². The van der Waals surface area contributed by atoms with Crippen LogP contribution in [-0.2, 0) is 6.61 Å². The summed E-state index contributed by atoms with van der Waals surface area (Å²) in [5.74, 6) is 0. The Balaban J connectivity index is 2.28. The molecule has 94 valence electrons. The molecule has 1 nitrogen and oxygen atoms in total. The van der Waals surface area contributed by atoms with Crippen molar-refractivity contribution in [1.82, 2.24) is 0 Å². The minimum absolute atomic E-state index is 0.0173. The first-order valence-corrected chi connectivity index (χ1v) is 7.49. The Morgan fingerprint density at radius 2 is 1.89 bits per heavy atom. The van der Waals surface area contributed by atoms with E-state index in [2.05, 4.69) is 15.9 Å². The molecule has 2 aromatic rings. The summed E-state index contributed by atoms with van der Waals surface area (Å²) in [4.78, 5) is 1.94. The van der Waals surface area contributed by atoms with E-state index in [1.165, 1.54) is 11.8 Å². The van der Waals surface area contributed by atoms with Crippen molar-refractivity contribution in [3.63, 3.8) is 0 Å². The molecule has 2 rings (SSSR count). The van der Waals surface area contributed by atoms with Gasteiger partial charge in [-0.25, -0.2) is 0 Å². The lowest BCUT2D eigenvalue weighted by atomic mass is 10.2. The fraction of sp³-hybridized carbons (Fsp3) is 0.0769. The molecule has 0 bridgehead atoms. The molecule has 0 saturated heterocycles. The molecule has 0 heterocycles. The van der Waals surface area contributed by atoms with Gasteiger partial charge in [0.15, 0.2) is 0 Å². The highest BCUT2D eigenvalue weighted by Crippen LogP contribution is 2.36. The first-order valence-electron chi connectivity index (χ1n) is 5.12. The number of benzene rings is 2. The van der Waals surface area contributed by atoms with E-state index in [-0.39, 0.29) is 6.61 Å². The van der Waals surface area contributed by atoms with Gasteiger partial charge in [-0.15, -0.1) is 0 Å². The zero-order chi connectivity index (χ0) is 13.1. The fourth-order valence-electron chi connectivity index (χ4n) is 1.40. The quantitative estimate of drug-likeness (QED) is 0.787. The number of hydrogen-bond acceptors (Lipinski definition) is 2. The molecule has 0 unspecified atom stereocenters. The van der Waals surface area contributed by atoms with E-state index in [0.717, 1.165) is 19.8 Å². The molecule has 0 saturated carbocycles. The maximum atomic E-state index is 9.10. The van der Waals surface area contributed by atoms with E-state index in [1.807, 2.05) is 24.3 Å². The highest BCUT2D eigenvalue weighted by Gasteiger charge is 2.06. The number of hydrogen-bond donors (Lipinski definition) is 1. The maximum Gasteiger partial charge on any atom is 0.0692 e. The largest absolute Gasteiger partial charge is 0.392 e. The minimum Gasteiger partial charge on any atom is -0.392 e. The van der Waals surface area contributed by atoms with Gasteiger partial charge in [-0.05, 0) is 35.9 Å². The summed E-state index contributed by atoms with van der Waals surface area (Å²) in [6, 6.07) is 11.2. The van der Waals surface area contributed by atoms with E-state index >= 15 is 0 Å². The van der Waals surface area contributed by atoms with Crippen LogP contribution in [0.3, 0.4) is 0 Å². The summed E-state index contributed by atoms with van der Waals surface area (Å²) >= 11 is 17.0. The van der Waals surface area contributed by atoms with Gasteiger partial charge in [-0.2, -0.15) is 0 Å². The Hall–Kier alpha value is -0.190. The van der Waals surface area contributed by atoms with Gasteiger partial charge in [-0.3, -0.25) is 0 Å². The Kier molecular flexibility index (Phi) is 4.98. The lowest BCUT2D eigenvalue weighted by molar-refractivity contribution is 0.281. The van der Waals surface area contributed by atoms with Gasteiger partial charge in [0.1, 0.15) is 0 Å². The first kappa shape index (κ1) is 14.2. The minimum atomic E-state index is 0.0173. The van der Waals surface area contributed by atoms with E-state index in [4.69, 9.17) is 28.3 Å². The Morgan fingerprint density at radius 3 is 2.56 bits per heavy atom. The van der Waals surface area contributed by atoms with E-state index in [1.54, 1.807) is 12.1 Å². The van der Waals surface area contributed by atoms with Gasteiger partial charge in [0.2, 0.25) is 0 Å². The Morgan fingerprint density at radius 1 is 1.11 bits per heavy atom. The topological polar surface area (TPSA) is 20.2 Å². The monoisotopic (exact) mass is 362 g/mol. The van der Waals surface area contributed by atoms with Crippen molar-refractivity contribution < 1.29 is 5.11 Å². The number of rotatable bonds is 3. The Bertz CT molecular complexity index is 575. The molecule has 0 aliphatic heterocycles. The van der Waals surface area contributed by atoms with Crippen molar-refractivity contribution in [3.8, 4) is 0 Å². The van der Waals surface area contributed by atoms with Crippen LogP contribution in [0, 0.1) is 0 Å². The fourth-order valence-corrected chi connectivity index (χ4v) is 3.45. The summed E-state index contributed by atoms with van der Waals surface area (Å²) in [6.07, 6.45) is 0. The zero-order valence-electron chi connectivity index (χ0n) is 9.16. The SMILES string of the molecule is OCc1ccc(Sc2cc(Cl)ccc2Cl)cc1Br. The normalized spacial score (nSPS) is 10.7. The maximum absolute atomic E-state index is 9.10. The highest BCUT2D eigenvalue weighted by atomic mass is 79.9.